The Kier molecular flexibility index (Phi) is 4.75. The molecule has 0 aromatic carbocycles. The van der Waals surface area contributed by atoms with Gasteiger partial charge in [0, 0.05) is 0 Å². The molecule has 1 aliphatic carbocycles. The molecular weight excluding hydrogens is 200 g/mol. The van der Waals surface area contributed by atoms with E-state index in [2.05, 4.69) is 4.74 Å². The molecule has 0 aromatic heterocycles. The highest BCUT2D eigenvalue weighted by atomic mass is 35.9. The fourth-order valence-electron chi connectivity index (χ4n) is 1.50. The van der Waals surface area contributed by atoms with Crippen LogP contribution in [0.1, 0.15) is 38.5 Å². The number of nitrogens with zero attached hydrogens (tertiary/aromatic N) is 1. The second-order valence-electron chi connectivity index (χ2n) is 2.98. The van der Waals surface area contributed by atoms with Crippen LogP contribution in [0.25, 0.3) is 0 Å². The lowest BCUT2D eigenvalue weighted by atomic mass is 10.1. The van der Waals surface area contributed by atoms with Crippen LogP contribution in [0.3, 0.4) is 0 Å². The van der Waals surface area contributed by atoms with Gasteiger partial charge in [-0.1, -0.05) is 30.4 Å². The van der Waals surface area contributed by atoms with Crippen molar-refractivity contribution >= 4 is 28.9 Å². The van der Waals surface area contributed by atoms with E-state index >= 15 is 0 Å². The van der Waals surface area contributed by atoms with Gasteiger partial charge in [-0.3, -0.25) is 0 Å². The lowest BCUT2D eigenvalue weighted by Crippen LogP contribution is -1.99. The normalized spacial score (nSPS) is 20.9. The summed E-state index contributed by atoms with van der Waals surface area (Å²) in [4.78, 5) is 0. The van der Waals surface area contributed by atoms with Crippen LogP contribution in [-0.4, -0.2) is 6.04 Å². The number of hydrogen-bond acceptors (Lipinski definition) is 1. The summed E-state index contributed by atoms with van der Waals surface area (Å²) in [6.45, 7) is 0. The molecule has 1 rings (SSSR count). The minimum atomic E-state index is -1.07. The van der Waals surface area contributed by atoms with Gasteiger partial charge in [-0.25, -0.2) is 0 Å². The van der Waals surface area contributed by atoms with Crippen molar-refractivity contribution in [3.63, 3.8) is 0 Å². The molecule has 1 fully saturated rings. The molecule has 1 aliphatic rings. The Morgan fingerprint density at radius 2 is 1.55 bits per heavy atom. The summed E-state index contributed by atoms with van der Waals surface area (Å²) in [5, 5.41) is 0. The molecule has 0 atom stereocenters. The average molecular weight is 213 g/mol. The number of halogens is 2. The summed E-state index contributed by atoms with van der Waals surface area (Å²) in [6.07, 6.45) is 6.62. The van der Waals surface area contributed by atoms with Gasteiger partial charge in [0.25, 0.3) is 0 Å². The Hall–Kier alpha value is 0.680. The maximum Gasteiger partial charge on any atom is 0.438 e. The number of rotatable bonds is 1. The summed E-state index contributed by atoms with van der Waals surface area (Å²) in [7, 11) is 0. The van der Waals surface area contributed by atoms with Crippen LogP contribution in [0.5, 0.6) is 0 Å². The minimum absolute atomic E-state index is 0.457. The van der Waals surface area contributed by atoms with Crippen LogP contribution < -0.4 is 0 Å². The van der Waals surface area contributed by atoms with Gasteiger partial charge >= 0.3 is 6.42 Å². The third kappa shape index (κ3) is 4.30. The first-order chi connectivity index (χ1) is 5.29. The van der Waals surface area contributed by atoms with Crippen LogP contribution in [0.4, 0.5) is 0 Å². The molecular formula is C7H13Cl2NP+. The van der Waals surface area contributed by atoms with E-state index in [9.17, 15) is 0 Å². The van der Waals surface area contributed by atoms with E-state index in [1.165, 1.54) is 38.5 Å². The van der Waals surface area contributed by atoms with Crippen molar-refractivity contribution in [2.24, 2.45) is 4.74 Å². The first-order valence-corrected chi connectivity index (χ1v) is 7.22. The molecule has 0 aromatic rings. The summed E-state index contributed by atoms with van der Waals surface area (Å²) in [6, 6.07) is 0.457. The molecule has 0 N–H and O–H groups in total. The lowest BCUT2D eigenvalue weighted by molar-refractivity contribution is 0.592. The van der Waals surface area contributed by atoms with Crippen molar-refractivity contribution < 1.29 is 0 Å². The molecule has 1 saturated carbocycles. The van der Waals surface area contributed by atoms with E-state index in [4.69, 9.17) is 22.5 Å². The maximum atomic E-state index is 5.63. The highest BCUT2D eigenvalue weighted by molar-refractivity contribution is 7.96. The second kappa shape index (κ2) is 5.35. The highest BCUT2D eigenvalue weighted by Crippen LogP contribution is 2.39. The third-order valence-corrected chi connectivity index (χ3v) is 3.10. The van der Waals surface area contributed by atoms with Crippen LogP contribution >= 0.6 is 28.9 Å². The molecule has 0 heterocycles. The van der Waals surface area contributed by atoms with Crippen molar-refractivity contribution in [2.75, 3.05) is 0 Å². The predicted octanol–water partition coefficient (Wildman–Crippen LogP) is 4.68. The van der Waals surface area contributed by atoms with E-state index in [1.54, 1.807) is 0 Å². The molecule has 0 unspecified atom stereocenters. The molecule has 0 bridgehead atoms. The van der Waals surface area contributed by atoms with Crippen molar-refractivity contribution in [1.29, 1.82) is 0 Å². The smallest absolute Gasteiger partial charge is 0.0716 e. The zero-order chi connectivity index (χ0) is 8.10. The second-order valence-corrected chi connectivity index (χ2v) is 6.08. The van der Waals surface area contributed by atoms with Gasteiger partial charge in [-0.2, -0.15) is 0 Å². The summed E-state index contributed by atoms with van der Waals surface area (Å²) in [5.41, 5.74) is 0. The molecule has 0 amide bonds. The van der Waals surface area contributed by atoms with E-state index in [1.807, 2.05) is 0 Å². The zero-order valence-corrected chi connectivity index (χ0v) is 8.88. The monoisotopic (exact) mass is 212 g/mol. The first kappa shape index (κ1) is 9.77. The van der Waals surface area contributed by atoms with Gasteiger partial charge in [0.2, 0.25) is 22.5 Å². The largest absolute Gasteiger partial charge is 0.438 e. The van der Waals surface area contributed by atoms with Gasteiger partial charge in [-0.15, -0.1) is 0 Å². The Bertz CT molecular complexity index is 137. The third-order valence-electron chi connectivity index (χ3n) is 2.08. The zero-order valence-electron chi connectivity index (χ0n) is 6.47. The molecule has 0 aliphatic heterocycles. The molecule has 1 nitrogen and oxygen atoms in total. The fraction of sp³-hybridized carbons (Fsp3) is 1.00. The molecule has 4 heteroatoms. The average Bonchev–Trinajstić information content (AvgIpc) is 2.14. The quantitative estimate of drug-likeness (QED) is 0.442. The van der Waals surface area contributed by atoms with Gasteiger partial charge < -0.3 is 0 Å². The highest BCUT2D eigenvalue weighted by Gasteiger charge is 2.16. The minimum Gasteiger partial charge on any atom is -0.0716 e. The van der Waals surface area contributed by atoms with Crippen LogP contribution in [-0.2, 0) is 0 Å². The Morgan fingerprint density at radius 3 is 2.00 bits per heavy atom. The van der Waals surface area contributed by atoms with E-state index in [0.717, 1.165) is 0 Å². The maximum absolute atomic E-state index is 5.63. The van der Waals surface area contributed by atoms with Crippen molar-refractivity contribution in [3.8, 4) is 0 Å². The first-order valence-electron chi connectivity index (χ1n) is 4.11. The summed E-state index contributed by atoms with van der Waals surface area (Å²) < 4.78 is 4.29. The van der Waals surface area contributed by atoms with Crippen LogP contribution in [0.2, 0.25) is 0 Å². The van der Waals surface area contributed by atoms with Gasteiger partial charge in [0.15, 0.2) is 0 Å². The van der Waals surface area contributed by atoms with E-state index in [-0.39, 0.29) is 0 Å². The van der Waals surface area contributed by atoms with Crippen molar-refractivity contribution in [1.82, 2.24) is 0 Å². The Morgan fingerprint density at radius 1 is 1.00 bits per heavy atom. The molecule has 64 valence electrons. The van der Waals surface area contributed by atoms with Crippen LogP contribution in [0.15, 0.2) is 4.74 Å². The number of hydrogen-bond donors (Lipinski definition) is 0. The summed E-state index contributed by atoms with van der Waals surface area (Å²) in [5.74, 6) is 0. The standard InChI is InChI=1S/C7H13Cl2NP/c8-11(9)10-7-5-3-1-2-4-6-7/h7H,1-6H2/q+1. The van der Waals surface area contributed by atoms with E-state index in [0.29, 0.717) is 6.04 Å². The van der Waals surface area contributed by atoms with Crippen LogP contribution in [0, 0.1) is 0 Å². The van der Waals surface area contributed by atoms with Gasteiger partial charge in [-0.05, 0) is 12.8 Å². The Balaban J connectivity index is 2.37. The van der Waals surface area contributed by atoms with E-state index < -0.39 is 6.42 Å². The predicted molar refractivity (Wildman–Crippen MR) is 52.5 cm³/mol. The fourth-order valence-corrected chi connectivity index (χ4v) is 2.72. The van der Waals surface area contributed by atoms with Crippen molar-refractivity contribution in [2.45, 2.75) is 44.6 Å². The molecule has 0 spiro atoms. The lowest BCUT2D eigenvalue weighted by Gasteiger charge is -2.00. The summed E-state index contributed by atoms with van der Waals surface area (Å²) >= 11 is 11.3. The van der Waals surface area contributed by atoms with Gasteiger partial charge in [0.1, 0.15) is 0 Å². The topological polar surface area (TPSA) is 12.4 Å². The van der Waals surface area contributed by atoms with Crippen molar-refractivity contribution in [3.05, 3.63) is 0 Å². The van der Waals surface area contributed by atoms with Gasteiger partial charge in [0.05, 0.1) is 6.04 Å². The molecule has 11 heavy (non-hydrogen) atoms. The Labute approximate surface area is 78.5 Å². The SMILES string of the molecule is Cl[P+](Cl)=NC1CCCCCC1. The molecule has 0 saturated heterocycles. The molecule has 0 radical (unpaired) electrons.